The van der Waals surface area contributed by atoms with Crippen molar-refractivity contribution in [1.29, 1.82) is 0 Å². The lowest BCUT2D eigenvalue weighted by Gasteiger charge is -1.94. The van der Waals surface area contributed by atoms with Crippen LogP contribution in [-0.4, -0.2) is 32.2 Å². The highest BCUT2D eigenvalue weighted by molar-refractivity contribution is 7.99. The summed E-state index contributed by atoms with van der Waals surface area (Å²) in [7, 11) is 0. The van der Waals surface area contributed by atoms with Gasteiger partial charge in [0.2, 0.25) is 5.16 Å². The maximum Gasteiger partial charge on any atom is 0.211 e. The van der Waals surface area contributed by atoms with Crippen LogP contribution in [0.5, 0.6) is 0 Å². The van der Waals surface area contributed by atoms with Crippen LogP contribution in [-0.2, 0) is 4.79 Å². The number of aromatic nitrogens is 4. The third-order valence-electron chi connectivity index (χ3n) is 2.63. The van der Waals surface area contributed by atoms with Crippen LogP contribution in [0.25, 0.3) is 22.1 Å². The number of carbonyl (C=O) groups excluding carboxylic acids is 1. The smallest absolute Gasteiger partial charge is 0.211 e. The first-order chi connectivity index (χ1) is 8.78. The molecule has 0 aliphatic rings. The third-order valence-corrected chi connectivity index (χ3v) is 3.36. The highest BCUT2D eigenvalue weighted by atomic mass is 32.2. The van der Waals surface area contributed by atoms with E-state index in [2.05, 4.69) is 26.2 Å². The normalized spacial score (nSPS) is 11.2. The Morgan fingerprint density at radius 1 is 1.39 bits per heavy atom. The molecule has 0 amide bonds. The number of aryl methyl sites for hydroxylation is 1. The molecule has 0 aliphatic heterocycles. The minimum absolute atomic E-state index is 0.340. The standard InChI is InChI=1S/C12H10N4OS/c1-7-2-3-9-8(6-7)10-11(13-9)14-12(16-15-10)18-5-4-17/h2-4,6H,5H2,1H3,(H,13,14,16). The molecular weight excluding hydrogens is 248 g/mol. The molecule has 0 aliphatic carbocycles. The lowest BCUT2D eigenvalue weighted by molar-refractivity contribution is -0.105. The van der Waals surface area contributed by atoms with Gasteiger partial charge in [0.05, 0.1) is 5.75 Å². The third kappa shape index (κ3) is 1.84. The molecular formula is C12H10N4OS. The number of hydrogen-bond acceptors (Lipinski definition) is 5. The second-order valence-electron chi connectivity index (χ2n) is 3.94. The SMILES string of the molecule is Cc1ccc2[nH]c3nc(SCC=O)nnc3c2c1. The first kappa shape index (κ1) is 11.2. The summed E-state index contributed by atoms with van der Waals surface area (Å²) in [5, 5.41) is 9.74. The van der Waals surface area contributed by atoms with Crippen LogP contribution < -0.4 is 0 Å². The Hall–Kier alpha value is -1.95. The Balaban J connectivity index is 2.17. The molecule has 2 heterocycles. The quantitative estimate of drug-likeness (QED) is 0.575. The molecule has 3 aromatic rings. The predicted octanol–water partition coefficient (Wildman–Crippen LogP) is 2.11. The first-order valence-electron chi connectivity index (χ1n) is 5.47. The van der Waals surface area contributed by atoms with Crippen molar-refractivity contribution in [3.05, 3.63) is 23.8 Å². The molecule has 3 rings (SSSR count). The van der Waals surface area contributed by atoms with Crippen molar-refractivity contribution in [1.82, 2.24) is 20.2 Å². The van der Waals surface area contributed by atoms with Crippen molar-refractivity contribution in [2.45, 2.75) is 12.1 Å². The van der Waals surface area contributed by atoms with Gasteiger partial charge in [-0.25, -0.2) is 4.98 Å². The van der Waals surface area contributed by atoms with Crippen molar-refractivity contribution in [3.63, 3.8) is 0 Å². The number of nitrogens with one attached hydrogen (secondary N) is 1. The molecule has 2 aromatic heterocycles. The van der Waals surface area contributed by atoms with Crippen molar-refractivity contribution in [2.75, 3.05) is 5.75 Å². The van der Waals surface area contributed by atoms with Gasteiger partial charge in [0.1, 0.15) is 11.8 Å². The number of benzene rings is 1. The number of hydrogen-bond donors (Lipinski definition) is 1. The van der Waals surface area contributed by atoms with E-state index in [1.54, 1.807) is 0 Å². The van der Waals surface area contributed by atoms with Crippen molar-refractivity contribution < 1.29 is 4.79 Å². The second kappa shape index (κ2) is 4.38. The van der Waals surface area contributed by atoms with Crippen molar-refractivity contribution >= 4 is 40.1 Å². The zero-order valence-electron chi connectivity index (χ0n) is 9.67. The van der Waals surface area contributed by atoms with E-state index in [1.165, 1.54) is 17.3 Å². The zero-order valence-corrected chi connectivity index (χ0v) is 10.5. The first-order valence-corrected chi connectivity index (χ1v) is 6.45. The van der Waals surface area contributed by atoms with Crippen LogP contribution in [0.1, 0.15) is 5.56 Å². The van der Waals surface area contributed by atoms with Gasteiger partial charge < -0.3 is 9.78 Å². The van der Waals surface area contributed by atoms with Crippen LogP contribution in [0.2, 0.25) is 0 Å². The molecule has 1 aromatic carbocycles. The maximum absolute atomic E-state index is 10.3. The van der Waals surface area contributed by atoms with Gasteiger partial charge in [-0.2, -0.15) is 0 Å². The topological polar surface area (TPSA) is 71.5 Å². The Morgan fingerprint density at radius 2 is 2.28 bits per heavy atom. The van der Waals surface area contributed by atoms with Crippen molar-refractivity contribution in [3.8, 4) is 0 Å². The molecule has 0 saturated heterocycles. The van der Waals surface area contributed by atoms with E-state index in [0.29, 0.717) is 16.6 Å². The van der Waals surface area contributed by atoms with E-state index in [9.17, 15) is 4.79 Å². The summed E-state index contributed by atoms with van der Waals surface area (Å²) in [6.07, 6.45) is 0.826. The van der Waals surface area contributed by atoms with Gasteiger partial charge >= 0.3 is 0 Å². The van der Waals surface area contributed by atoms with Crippen LogP contribution in [0.3, 0.4) is 0 Å². The summed E-state index contributed by atoms with van der Waals surface area (Å²) in [6.45, 7) is 2.04. The fourth-order valence-corrected chi connectivity index (χ4v) is 2.31. The number of carbonyl (C=O) groups is 1. The average Bonchev–Trinajstić information content (AvgIpc) is 2.73. The highest BCUT2D eigenvalue weighted by Gasteiger charge is 2.09. The molecule has 1 N–H and O–H groups in total. The molecule has 6 heteroatoms. The number of H-pyrrole nitrogens is 1. The van der Waals surface area contributed by atoms with E-state index in [4.69, 9.17) is 0 Å². The van der Waals surface area contributed by atoms with Gasteiger partial charge in [-0.3, -0.25) is 0 Å². The van der Waals surface area contributed by atoms with Crippen LogP contribution in [0, 0.1) is 6.92 Å². The van der Waals surface area contributed by atoms with E-state index in [0.717, 1.165) is 22.7 Å². The minimum Gasteiger partial charge on any atom is -0.338 e. The maximum atomic E-state index is 10.3. The number of aldehydes is 1. The summed E-state index contributed by atoms with van der Waals surface area (Å²) >= 11 is 1.28. The lowest BCUT2D eigenvalue weighted by atomic mass is 10.2. The summed E-state index contributed by atoms with van der Waals surface area (Å²) < 4.78 is 0. The second-order valence-corrected chi connectivity index (χ2v) is 4.93. The zero-order chi connectivity index (χ0) is 12.5. The Kier molecular flexibility index (Phi) is 2.71. The summed E-state index contributed by atoms with van der Waals surface area (Å²) in [5.74, 6) is 0.340. The molecule has 0 bridgehead atoms. The van der Waals surface area contributed by atoms with Gasteiger partial charge in [0.15, 0.2) is 5.65 Å². The van der Waals surface area contributed by atoms with E-state index in [-0.39, 0.29) is 0 Å². The molecule has 0 fully saturated rings. The average molecular weight is 258 g/mol. The molecule has 0 saturated carbocycles. The fraction of sp³-hybridized carbons (Fsp3) is 0.167. The van der Waals surface area contributed by atoms with Crippen LogP contribution in [0.15, 0.2) is 23.4 Å². The van der Waals surface area contributed by atoms with E-state index < -0.39 is 0 Å². The number of fused-ring (bicyclic) bond motifs is 3. The number of thioether (sulfide) groups is 1. The van der Waals surface area contributed by atoms with E-state index >= 15 is 0 Å². The van der Waals surface area contributed by atoms with Crippen LogP contribution >= 0.6 is 11.8 Å². The van der Waals surface area contributed by atoms with Gasteiger partial charge in [-0.15, -0.1) is 10.2 Å². The summed E-state index contributed by atoms with van der Waals surface area (Å²) in [4.78, 5) is 17.9. The molecule has 0 radical (unpaired) electrons. The largest absolute Gasteiger partial charge is 0.338 e. The minimum atomic E-state index is 0.340. The van der Waals surface area contributed by atoms with Gasteiger partial charge in [-0.05, 0) is 19.1 Å². The molecule has 18 heavy (non-hydrogen) atoms. The molecule has 0 spiro atoms. The Bertz CT molecular complexity index is 737. The van der Waals surface area contributed by atoms with E-state index in [1.807, 2.05) is 19.1 Å². The summed E-state index contributed by atoms with van der Waals surface area (Å²) in [5.41, 5.74) is 3.64. The highest BCUT2D eigenvalue weighted by Crippen LogP contribution is 2.24. The molecule has 5 nitrogen and oxygen atoms in total. The number of nitrogens with zero attached hydrogens (tertiary/aromatic N) is 3. The van der Waals surface area contributed by atoms with Crippen LogP contribution in [0.4, 0.5) is 0 Å². The van der Waals surface area contributed by atoms with Crippen molar-refractivity contribution in [2.24, 2.45) is 0 Å². The predicted molar refractivity (Wildman–Crippen MR) is 70.7 cm³/mol. The number of rotatable bonds is 3. The lowest BCUT2D eigenvalue weighted by Crippen LogP contribution is -1.92. The van der Waals surface area contributed by atoms with Gasteiger partial charge in [0.25, 0.3) is 0 Å². The number of aromatic amines is 1. The van der Waals surface area contributed by atoms with Gasteiger partial charge in [-0.1, -0.05) is 23.4 Å². The molecule has 0 unspecified atom stereocenters. The summed E-state index contributed by atoms with van der Waals surface area (Å²) in [6, 6.07) is 6.10. The Morgan fingerprint density at radius 3 is 3.11 bits per heavy atom. The molecule has 90 valence electrons. The molecule has 0 atom stereocenters. The Labute approximate surface area is 107 Å². The fourth-order valence-electron chi connectivity index (χ4n) is 1.84. The van der Waals surface area contributed by atoms with Gasteiger partial charge in [0, 0.05) is 10.9 Å². The monoisotopic (exact) mass is 258 g/mol.